The number of aliphatic hydroxyl groups is 2. The predicted molar refractivity (Wildman–Crippen MR) is 100 cm³/mol. The van der Waals surface area contributed by atoms with Gasteiger partial charge in [-0.2, -0.15) is 0 Å². The Bertz CT molecular complexity index is 740. The van der Waals surface area contributed by atoms with Crippen molar-refractivity contribution in [2.75, 3.05) is 13.7 Å². The van der Waals surface area contributed by atoms with Crippen LogP contribution in [-0.4, -0.2) is 97.4 Å². The average Bonchev–Trinajstić information content (AvgIpc) is 2.62. The molecule has 32 heavy (non-hydrogen) atoms. The van der Waals surface area contributed by atoms with Gasteiger partial charge in [0.15, 0.2) is 11.4 Å². The number of aliphatic carboxylic acids is 4. The van der Waals surface area contributed by atoms with Crippen molar-refractivity contribution in [3.8, 4) is 0 Å². The van der Waals surface area contributed by atoms with Crippen molar-refractivity contribution in [1.82, 2.24) is 10.6 Å². The number of hydrogen-bond acceptors (Lipinski definition) is 9. The molecule has 182 valence electrons. The minimum Gasteiger partial charge on any atom is -0.481 e. The molecule has 0 heterocycles. The van der Waals surface area contributed by atoms with Crippen LogP contribution in [0, 0.1) is 0 Å². The second-order valence-corrected chi connectivity index (χ2v) is 6.93. The van der Waals surface area contributed by atoms with E-state index in [1.165, 1.54) is 0 Å². The van der Waals surface area contributed by atoms with E-state index in [1.807, 2.05) is 0 Å². The standard InChI is InChI=1S/C17H26N2O13/c1-32-17(31,8-13(24)25)6-11(21)19-9(14(26)27)3-2-4-18-10(20)5-16(30,15(28)29)7-12(22)23/h9,30-31H,2-8H2,1H3,(H,18,20)(H,19,21)(H,22,23)(H,24,25)(H,26,27)(H,28,29). The van der Waals surface area contributed by atoms with Gasteiger partial charge in [0.1, 0.15) is 6.04 Å². The number of amides is 2. The summed E-state index contributed by atoms with van der Waals surface area (Å²) in [6, 6.07) is -1.46. The SMILES string of the molecule is COC(O)(CC(=O)O)CC(=O)NC(CCCNC(=O)CC(O)(CC(=O)O)C(=O)O)C(=O)O. The molecule has 0 aromatic rings. The molecule has 0 radical (unpaired) electrons. The molecule has 0 saturated heterocycles. The number of carbonyl (C=O) groups excluding carboxylic acids is 2. The fourth-order valence-electron chi connectivity index (χ4n) is 2.52. The van der Waals surface area contributed by atoms with Gasteiger partial charge in [-0.15, -0.1) is 0 Å². The van der Waals surface area contributed by atoms with Crippen LogP contribution in [0.4, 0.5) is 0 Å². The molecule has 15 nitrogen and oxygen atoms in total. The van der Waals surface area contributed by atoms with Crippen LogP contribution in [0.5, 0.6) is 0 Å². The number of nitrogens with one attached hydrogen (secondary N) is 2. The first-order valence-electron chi connectivity index (χ1n) is 9.10. The zero-order chi connectivity index (χ0) is 25.1. The molecular weight excluding hydrogens is 440 g/mol. The van der Waals surface area contributed by atoms with E-state index in [4.69, 9.17) is 15.3 Å². The molecule has 3 atom stereocenters. The molecule has 2 amide bonds. The molecule has 3 unspecified atom stereocenters. The molecule has 15 heteroatoms. The quantitative estimate of drug-likeness (QED) is 0.0853. The summed E-state index contributed by atoms with van der Waals surface area (Å²) in [4.78, 5) is 67.4. The van der Waals surface area contributed by atoms with Crippen molar-refractivity contribution in [2.45, 2.75) is 56.0 Å². The third kappa shape index (κ3) is 10.6. The van der Waals surface area contributed by atoms with Crippen LogP contribution in [0.15, 0.2) is 0 Å². The van der Waals surface area contributed by atoms with Gasteiger partial charge in [0.05, 0.1) is 25.7 Å². The second-order valence-electron chi connectivity index (χ2n) is 6.93. The van der Waals surface area contributed by atoms with Crippen LogP contribution in [0.2, 0.25) is 0 Å². The first-order chi connectivity index (χ1) is 14.6. The molecule has 0 spiro atoms. The summed E-state index contributed by atoms with van der Waals surface area (Å²) in [6.07, 6.45) is -4.29. The number of rotatable bonds is 16. The molecule has 0 fully saturated rings. The highest BCUT2D eigenvalue weighted by Gasteiger charge is 2.40. The number of carbonyl (C=O) groups is 6. The molecule has 0 aliphatic carbocycles. The van der Waals surface area contributed by atoms with E-state index in [1.54, 1.807) is 0 Å². The molecule has 0 aromatic carbocycles. The number of ether oxygens (including phenoxy) is 1. The zero-order valence-corrected chi connectivity index (χ0v) is 17.1. The summed E-state index contributed by atoms with van der Waals surface area (Å²) in [5, 5.41) is 59.4. The van der Waals surface area contributed by atoms with Crippen molar-refractivity contribution in [3.63, 3.8) is 0 Å². The van der Waals surface area contributed by atoms with Crippen molar-refractivity contribution < 1.29 is 64.1 Å². The fraction of sp³-hybridized carbons (Fsp3) is 0.647. The molecule has 0 aromatic heterocycles. The summed E-state index contributed by atoms with van der Waals surface area (Å²) in [5.41, 5.74) is -2.82. The number of methoxy groups -OCH3 is 1. The summed E-state index contributed by atoms with van der Waals surface area (Å²) in [6.45, 7) is -0.192. The smallest absolute Gasteiger partial charge is 0.336 e. The van der Waals surface area contributed by atoms with E-state index in [2.05, 4.69) is 15.4 Å². The van der Waals surface area contributed by atoms with Gasteiger partial charge in [0.25, 0.3) is 0 Å². The first-order valence-corrected chi connectivity index (χ1v) is 9.10. The number of carboxylic acid groups (broad SMARTS) is 4. The zero-order valence-electron chi connectivity index (χ0n) is 17.1. The van der Waals surface area contributed by atoms with Gasteiger partial charge in [0, 0.05) is 13.7 Å². The Labute approximate surface area is 181 Å². The van der Waals surface area contributed by atoms with E-state index in [0.29, 0.717) is 0 Å². The average molecular weight is 466 g/mol. The first kappa shape index (κ1) is 28.7. The van der Waals surface area contributed by atoms with Crippen molar-refractivity contribution in [3.05, 3.63) is 0 Å². The van der Waals surface area contributed by atoms with E-state index in [-0.39, 0.29) is 19.4 Å². The van der Waals surface area contributed by atoms with E-state index < -0.39 is 78.8 Å². The van der Waals surface area contributed by atoms with E-state index >= 15 is 0 Å². The van der Waals surface area contributed by atoms with Gasteiger partial charge in [-0.1, -0.05) is 0 Å². The van der Waals surface area contributed by atoms with Crippen molar-refractivity contribution in [1.29, 1.82) is 0 Å². The Hall–Kier alpha value is -3.30. The molecule has 0 bridgehead atoms. The molecule has 0 rings (SSSR count). The largest absolute Gasteiger partial charge is 0.481 e. The normalized spacial score (nSPS) is 15.5. The third-order valence-corrected chi connectivity index (χ3v) is 4.16. The summed E-state index contributed by atoms with van der Waals surface area (Å²) >= 11 is 0. The molecular formula is C17H26N2O13. The maximum Gasteiger partial charge on any atom is 0.336 e. The van der Waals surface area contributed by atoms with Crippen LogP contribution in [0.25, 0.3) is 0 Å². The summed E-state index contributed by atoms with van der Waals surface area (Å²) < 4.78 is 4.59. The van der Waals surface area contributed by atoms with Crippen LogP contribution in [0.3, 0.4) is 0 Å². The Kier molecular flexibility index (Phi) is 11.2. The minimum atomic E-state index is -2.82. The van der Waals surface area contributed by atoms with Gasteiger partial charge in [-0.05, 0) is 12.8 Å². The lowest BCUT2D eigenvalue weighted by atomic mass is 9.95. The lowest BCUT2D eigenvalue weighted by Crippen LogP contribution is -2.46. The topological polar surface area (TPSA) is 257 Å². The maximum absolute atomic E-state index is 12.0. The lowest BCUT2D eigenvalue weighted by Gasteiger charge is -2.25. The maximum atomic E-state index is 12.0. The van der Waals surface area contributed by atoms with Gasteiger partial charge in [0.2, 0.25) is 11.8 Å². The Morgan fingerprint density at radius 2 is 1.41 bits per heavy atom. The molecule has 0 aliphatic heterocycles. The lowest BCUT2D eigenvalue weighted by molar-refractivity contribution is -0.202. The molecule has 0 aliphatic rings. The van der Waals surface area contributed by atoms with Gasteiger partial charge < -0.3 is 46.0 Å². The van der Waals surface area contributed by atoms with Crippen LogP contribution < -0.4 is 10.6 Å². The highest BCUT2D eigenvalue weighted by atomic mass is 16.6. The number of carboxylic acids is 4. The Morgan fingerprint density at radius 1 is 0.844 bits per heavy atom. The van der Waals surface area contributed by atoms with Gasteiger partial charge >= 0.3 is 23.9 Å². The van der Waals surface area contributed by atoms with Gasteiger partial charge in [-0.3, -0.25) is 19.2 Å². The second kappa shape index (κ2) is 12.5. The Balaban J connectivity index is 4.69. The monoisotopic (exact) mass is 466 g/mol. The van der Waals surface area contributed by atoms with Crippen LogP contribution in [0.1, 0.15) is 38.5 Å². The van der Waals surface area contributed by atoms with Crippen molar-refractivity contribution >= 4 is 35.7 Å². The fourth-order valence-corrected chi connectivity index (χ4v) is 2.52. The molecule has 8 N–H and O–H groups in total. The minimum absolute atomic E-state index is 0.0307. The van der Waals surface area contributed by atoms with Crippen LogP contribution in [-0.2, 0) is 33.5 Å². The van der Waals surface area contributed by atoms with Gasteiger partial charge in [-0.25, -0.2) is 9.59 Å². The summed E-state index contributed by atoms with van der Waals surface area (Å²) in [5.74, 6) is -10.8. The van der Waals surface area contributed by atoms with E-state index in [0.717, 1.165) is 7.11 Å². The highest BCUT2D eigenvalue weighted by Crippen LogP contribution is 2.17. The third-order valence-electron chi connectivity index (χ3n) is 4.16. The van der Waals surface area contributed by atoms with Crippen LogP contribution >= 0.6 is 0 Å². The Morgan fingerprint density at radius 3 is 1.84 bits per heavy atom. The summed E-state index contributed by atoms with van der Waals surface area (Å²) in [7, 11) is 0.968. The number of hydrogen-bond donors (Lipinski definition) is 8. The predicted octanol–water partition coefficient (Wildman–Crippen LogP) is -2.67. The van der Waals surface area contributed by atoms with Crippen molar-refractivity contribution in [2.24, 2.45) is 0 Å². The highest BCUT2D eigenvalue weighted by molar-refractivity contribution is 5.90. The van der Waals surface area contributed by atoms with E-state index in [9.17, 15) is 44.1 Å². The molecule has 0 saturated carbocycles.